The van der Waals surface area contributed by atoms with Crippen LogP contribution in [-0.4, -0.2) is 24.0 Å². The molecule has 0 saturated carbocycles. The molecule has 0 aliphatic carbocycles. The second kappa shape index (κ2) is 7.79. The second-order valence-corrected chi connectivity index (χ2v) is 5.92. The van der Waals surface area contributed by atoms with Gasteiger partial charge in [-0.15, -0.1) is 0 Å². The van der Waals surface area contributed by atoms with Gasteiger partial charge >= 0.3 is 0 Å². The van der Waals surface area contributed by atoms with Crippen molar-refractivity contribution < 1.29 is 13.9 Å². The summed E-state index contributed by atoms with van der Waals surface area (Å²) < 4.78 is 26.3. The predicted molar refractivity (Wildman–Crippen MR) is 102 cm³/mol. The zero-order valence-electron chi connectivity index (χ0n) is 15.3. The normalized spacial score (nSPS) is 10.3. The SMILES string of the molecule is [C-]#[N+]c1cc(OC)c(Nc2cc(C)nn2Cc2ccc(OC)cc2)cc1F. The highest BCUT2D eigenvalue weighted by Crippen LogP contribution is 2.34. The van der Waals surface area contributed by atoms with Gasteiger partial charge in [0.25, 0.3) is 0 Å². The molecule has 1 N–H and O–H groups in total. The summed E-state index contributed by atoms with van der Waals surface area (Å²) in [5, 5.41) is 7.65. The van der Waals surface area contributed by atoms with Crippen LogP contribution in [0.3, 0.4) is 0 Å². The Morgan fingerprint density at radius 1 is 1.15 bits per heavy atom. The fraction of sp³-hybridized carbons (Fsp3) is 0.200. The van der Waals surface area contributed by atoms with Gasteiger partial charge in [0.1, 0.15) is 23.1 Å². The highest BCUT2D eigenvalue weighted by molar-refractivity contribution is 5.69. The van der Waals surface area contributed by atoms with Crippen LogP contribution in [-0.2, 0) is 6.54 Å². The molecule has 3 aromatic rings. The number of aromatic nitrogens is 2. The highest BCUT2D eigenvalue weighted by Gasteiger charge is 2.13. The summed E-state index contributed by atoms with van der Waals surface area (Å²) in [4.78, 5) is 3.16. The van der Waals surface area contributed by atoms with Crippen molar-refractivity contribution in [1.82, 2.24) is 9.78 Å². The topological polar surface area (TPSA) is 52.7 Å². The molecule has 3 rings (SSSR count). The maximum Gasteiger partial charge on any atom is 0.225 e. The summed E-state index contributed by atoms with van der Waals surface area (Å²) in [6.45, 7) is 9.44. The average Bonchev–Trinajstić information content (AvgIpc) is 3.01. The Hall–Kier alpha value is -3.53. The van der Waals surface area contributed by atoms with Crippen molar-refractivity contribution in [3.8, 4) is 11.5 Å². The van der Waals surface area contributed by atoms with Gasteiger partial charge in [-0.05, 0) is 36.8 Å². The maximum absolute atomic E-state index is 14.0. The van der Waals surface area contributed by atoms with Crippen LogP contribution in [0.4, 0.5) is 21.6 Å². The molecule has 0 amide bonds. The Balaban J connectivity index is 1.90. The van der Waals surface area contributed by atoms with Crippen molar-refractivity contribution in [3.63, 3.8) is 0 Å². The first-order chi connectivity index (χ1) is 13.0. The number of methoxy groups -OCH3 is 2. The lowest BCUT2D eigenvalue weighted by Gasteiger charge is -2.14. The van der Waals surface area contributed by atoms with Crippen LogP contribution in [0.15, 0.2) is 42.5 Å². The van der Waals surface area contributed by atoms with Crippen LogP contribution in [0.5, 0.6) is 11.5 Å². The fourth-order valence-corrected chi connectivity index (χ4v) is 2.70. The third-order valence-corrected chi connectivity index (χ3v) is 4.05. The van der Waals surface area contributed by atoms with Crippen molar-refractivity contribution in [1.29, 1.82) is 0 Å². The fourth-order valence-electron chi connectivity index (χ4n) is 2.70. The predicted octanol–water partition coefficient (Wildman–Crippen LogP) is 4.69. The molecular weight excluding hydrogens is 347 g/mol. The Morgan fingerprint density at radius 2 is 1.89 bits per heavy atom. The zero-order chi connectivity index (χ0) is 19.4. The minimum Gasteiger partial charge on any atom is -0.497 e. The van der Waals surface area contributed by atoms with Crippen LogP contribution in [0.1, 0.15) is 11.3 Å². The number of anilines is 2. The van der Waals surface area contributed by atoms with E-state index >= 15 is 0 Å². The number of halogens is 1. The first-order valence-corrected chi connectivity index (χ1v) is 8.23. The van der Waals surface area contributed by atoms with Gasteiger partial charge in [-0.2, -0.15) is 5.10 Å². The molecule has 0 fully saturated rings. The number of ether oxygens (including phenoxy) is 2. The Kier molecular flexibility index (Phi) is 5.27. The van der Waals surface area contributed by atoms with Crippen LogP contribution < -0.4 is 14.8 Å². The van der Waals surface area contributed by atoms with Gasteiger partial charge in [0.15, 0.2) is 0 Å². The van der Waals surface area contributed by atoms with Crippen LogP contribution in [0, 0.1) is 19.3 Å². The molecule has 0 aliphatic heterocycles. The Bertz CT molecular complexity index is 990. The molecule has 27 heavy (non-hydrogen) atoms. The maximum atomic E-state index is 14.0. The summed E-state index contributed by atoms with van der Waals surface area (Å²) >= 11 is 0. The standard InChI is InChI=1S/C20H19FN4O2/c1-13-9-20(23-18-10-16(21)17(22-2)11-19(18)27-4)25(24-13)12-14-5-7-15(26-3)8-6-14/h5-11,23H,12H2,1,3-4H3. The molecule has 1 heterocycles. The smallest absolute Gasteiger partial charge is 0.225 e. The van der Waals surface area contributed by atoms with E-state index in [1.807, 2.05) is 37.3 Å². The van der Waals surface area contributed by atoms with E-state index in [4.69, 9.17) is 16.0 Å². The lowest BCUT2D eigenvalue weighted by molar-refractivity contribution is 0.414. The number of benzene rings is 2. The molecule has 0 spiro atoms. The molecule has 138 valence electrons. The monoisotopic (exact) mass is 366 g/mol. The Labute approximate surface area is 157 Å². The number of nitrogens with zero attached hydrogens (tertiary/aromatic N) is 3. The van der Waals surface area contributed by atoms with E-state index in [1.165, 1.54) is 19.2 Å². The largest absolute Gasteiger partial charge is 0.497 e. The summed E-state index contributed by atoms with van der Waals surface area (Å²) in [6.07, 6.45) is 0. The van der Waals surface area contributed by atoms with Gasteiger partial charge < -0.3 is 14.8 Å². The van der Waals surface area contributed by atoms with Gasteiger partial charge in [0.05, 0.1) is 38.7 Å². The molecule has 0 saturated heterocycles. The van der Waals surface area contributed by atoms with E-state index in [2.05, 4.69) is 15.3 Å². The van der Waals surface area contributed by atoms with Gasteiger partial charge in [0, 0.05) is 6.07 Å². The molecule has 0 aliphatic rings. The van der Waals surface area contributed by atoms with Crippen LogP contribution in [0.25, 0.3) is 4.85 Å². The molecule has 0 atom stereocenters. The number of nitrogens with one attached hydrogen (secondary N) is 1. The van der Waals surface area contributed by atoms with E-state index in [0.717, 1.165) is 17.0 Å². The summed E-state index contributed by atoms with van der Waals surface area (Å²) in [5.74, 6) is 1.26. The number of rotatable bonds is 6. The molecule has 1 aromatic heterocycles. The van der Waals surface area contributed by atoms with E-state index in [1.54, 1.807) is 11.8 Å². The second-order valence-electron chi connectivity index (χ2n) is 5.92. The van der Waals surface area contributed by atoms with Crippen molar-refractivity contribution in [2.45, 2.75) is 13.5 Å². The molecule has 0 unspecified atom stereocenters. The van der Waals surface area contributed by atoms with Gasteiger partial charge in [0.2, 0.25) is 5.69 Å². The van der Waals surface area contributed by atoms with Crippen molar-refractivity contribution in [3.05, 3.63) is 71.0 Å². The van der Waals surface area contributed by atoms with Crippen LogP contribution in [0.2, 0.25) is 0 Å². The van der Waals surface area contributed by atoms with Crippen molar-refractivity contribution in [2.75, 3.05) is 19.5 Å². The molecule has 6 nitrogen and oxygen atoms in total. The zero-order valence-corrected chi connectivity index (χ0v) is 15.3. The van der Waals surface area contributed by atoms with Crippen molar-refractivity contribution >= 4 is 17.2 Å². The molecular formula is C20H19FN4O2. The number of hydrogen-bond acceptors (Lipinski definition) is 4. The average molecular weight is 366 g/mol. The van der Waals surface area contributed by atoms with Crippen molar-refractivity contribution in [2.24, 2.45) is 0 Å². The minimum absolute atomic E-state index is 0.0830. The number of aryl methyl sites for hydroxylation is 1. The molecule has 0 bridgehead atoms. The van der Waals surface area contributed by atoms with Gasteiger partial charge in [-0.25, -0.2) is 13.9 Å². The van der Waals surface area contributed by atoms with E-state index in [0.29, 0.717) is 23.8 Å². The molecule has 7 heteroatoms. The Morgan fingerprint density at radius 3 is 2.52 bits per heavy atom. The third kappa shape index (κ3) is 4.01. The van der Waals surface area contributed by atoms with Gasteiger partial charge in [-0.3, -0.25) is 0 Å². The first kappa shape index (κ1) is 18.3. The molecule has 0 radical (unpaired) electrons. The molecule has 2 aromatic carbocycles. The number of hydrogen-bond donors (Lipinski definition) is 1. The van der Waals surface area contributed by atoms with E-state index in [-0.39, 0.29) is 5.69 Å². The summed E-state index contributed by atoms with van der Waals surface area (Å²) in [7, 11) is 3.10. The highest BCUT2D eigenvalue weighted by atomic mass is 19.1. The lowest BCUT2D eigenvalue weighted by Crippen LogP contribution is -2.07. The third-order valence-electron chi connectivity index (χ3n) is 4.05. The minimum atomic E-state index is -0.605. The van der Waals surface area contributed by atoms with Crippen LogP contribution >= 0.6 is 0 Å². The van der Waals surface area contributed by atoms with Gasteiger partial charge in [-0.1, -0.05) is 12.1 Å². The first-order valence-electron chi connectivity index (χ1n) is 8.23. The summed E-state index contributed by atoms with van der Waals surface area (Å²) in [5.41, 5.74) is 2.21. The quantitative estimate of drug-likeness (QED) is 0.643. The lowest BCUT2D eigenvalue weighted by atomic mass is 10.2. The van der Waals surface area contributed by atoms with E-state index < -0.39 is 5.82 Å². The van der Waals surface area contributed by atoms with E-state index in [9.17, 15) is 4.39 Å². The summed E-state index contributed by atoms with van der Waals surface area (Å²) in [6, 6.07) is 12.2.